The Kier molecular flexibility index (Phi) is 8.93. The first-order chi connectivity index (χ1) is 22.2. The van der Waals surface area contributed by atoms with Crippen LogP contribution < -0.4 is 19.8 Å². The number of pyridine rings is 1. The molecule has 1 fully saturated rings. The minimum atomic E-state index is -4.04. The summed E-state index contributed by atoms with van der Waals surface area (Å²) in [5.74, 6) is 2.00. The number of benzene rings is 3. The third-order valence-corrected chi connectivity index (χ3v) is 10.3. The lowest BCUT2D eigenvalue weighted by atomic mass is 9.94. The van der Waals surface area contributed by atoms with E-state index in [1.807, 2.05) is 49.4 Å². The Balaban J connectivity index is 1.43. The SMILES string of the molecule is COc1ccc(COc2ccc(OC3CCC(OC)CC3)c(-c3cn(C)c(=O)c4c3ccn4S(=O)(=O)c3ccc(C)cc3)c2)cc1. The molecule has 0 N–H and O–H groups in total. The molecule has 5 aromatic rings. The summed E-state index contributed by atoms with van der Waals surface area (Å²) in [5.41, 5.74) is 2.91. The summed E-state index contributed by atoms with van der Waals surface area (Å²) in [6.07, 6.45) is 6.90. The van der Waals surface area contributed by atoms with Crippen LogP contribution in [-0.4, -0.2) is 43.4 Å². The second-order valence-corrected chi connectivity index (χ2v) is 13.5. The van der Waals surface area contributed by atoms with E-state index in [4.69, 9.17) is 18.9 Å². The molecule has 1 aliphatic carbocycles. The van der Waals surface area contributed by atoms with Crippen LogP contribution in [0.25, 0.3) is 22.0 Å². The van der Waals surface area contributed by atoms with Gasteiger partial charge in [-0.3, -0.25) is 4.79 Å². The Labute approximate surface area is 269 Å². The second kappa shape index (κ2) is 13.1. The molecule has 0 aliphatic heterocycles. The molecule has 3 aromatic carbocycles. The van der Waals surface area contributed by atoms with Gasteiger partial charge < -0.3 is 23.5 Å². The third kappa shape index (κ3) is 6.27. The molecule has 0 spiro atoms. The Hall–Kier alpha value is -4.54. The summed E-state index contributed by atoms with van der Waals surface area (Å²) < 4.78 is 53.7. The zero-order valence-electron chi connectivity index (χ0n) is 26.4. The highest BCUT2D eigenvalue weighted by Gasteiger charge is 2.26. The van der Waals surface area contributed by atoms with Gasteiger partial charge >= 0.3 is 0 Å². The van der Waals surface area contributed by atoms with Gasteiger partial charge in [0.1, 0.15) is 29.4 Å². The summed E-state index contributed by atoms with van der Waals surface area (Å²) in [6, 6.07) is 21.6. The van der Waals surface area contributed by atoms with Gasteiger partial charge in [-0.1, -0.05) is 29.8 Å². The van der Waals surface area contributed by atoms with Crippen LogP contribution >= 0.6 is 0 Å². The van der Waals surface area contributed by atoms with Gasteiger partial charge in [0.15, 0.2) is 0 Å². The fourth-order valence-corrected chi connectivity index (χ4v) is 7.28. The first kappa shape index (κ1) is 31.4. The lowest BCUT2D eigenvalue weighted by Gasteiger charge is -2.29. The standard InChI is InChI=1S/C36H38N2O7S/c1-24-5-16-30(17-6-24)46(40,41)38-20-19-31-33(22-37(2)36(39)35(31)38)32-21-29(44-23-25-7-9-26(42-3)10-8-25)15-18-34(32)45-28-13-11-27(43-4)12-14-28/h5-10,15-22,27-28H,11-14,23H2,1-4H3. The van der Waals surface area contributed by atoms with Crippen molar-refractivity contribution in [3.63, 3.8) is 0 Å². The van der Waals surface area contributed by atoms with Gasteiger partial charge in [-0.25, -0.2) is 12.4 Å². The van der Waals surface area contributed by atoms with Crippen LogP contribution in [0.15, 0.2) is 94.9 Å². The first-order valence-electron chi connectivity index (χ1n) is 15.3. The lowest BCUT2D eigenvalue weighted by Crippen LogP contribution is -2.27. The van der Waals surface area contributed by atoms with Gasteiger partial charge in [0.25, 0.3) is 15.6 Å². The molecule has 2 heterocycles. The fraction of sp³-hybridized carbons (Fsp3) is 0.306. The highest BCUT2D eigenvalue weighted by atomic mass is 32.2. The monoisotopic (exact) mass is 642 g/mol. The molecule has 0 amide bonds. The van der Waals surface area contributed by atoms with E-state index in [1.165, 1.54) is 10.8 Å². The van der Waals surface area contributed by atoms with Crippen molar-refractivity contribution in [2.75, 3.05) is 14.2 Å². The van der Waals surface area contributed by atoms with Crippen LogP contribution in [0.2, 0.25) is 0 Å². The minimum absolute atomic E-state index is 0.00856. The third-order valence-electron chi connectivity index (χ3n) is 8.62. The average molecular weight is 643 g/mol. The van der Waals surface area contributed by atoms with E-state index in [9.17, 15) is 13.2 Å². The molecule has 6 rings (SSSR count). The minimum Gasteiger partial charge on any atom is -0.497 e. The van der Waals surface area contributed by atoms with Crippen LogP contribution in [0.1, 0.15) is 36.8 Å². The van der Waals surface area contributed by atoms with Crippen molar-refractivity contribution < 1.29 is 27.4 Å². The van der Waals surface area contributed by atoms with Gasteiger partial charge in [0.05, 0.1) is 24.2 Å². The Morgan fingerprint density at radius 3 is 2.17 bits per heavy atom. The molecule has 0 atom stereocenters. The molecular weight excluding hydrogens is 604 g/mol. The number of aromatic nitrogens is 2. The van der Waals surface area contributed by atoms with E-state index < -0.39 is 15.6 Å². The van der Waals surface area contributed by atoms with Gasteiger partial charge in [-0.2, -0.15) is 0 Å². The van der Waals surface area contributed by atoms with Crippen LogP contribution in [0.5, 0.6) is 17.2 Å². The van der Waals surface area contributed by atoms with E-state index >= 15 is 0 Å². The number of ether oxygens (including phenoxy) is 4. The summed E-state index contributed by atoms with van der Waals surface area (Å²) in [7, 11) is 0.947. The van der Waals surface area contributed by atoms with Crippen molar-refractivity contribution in [3.05, 3.63) is 107 Å². The molecular formula is C36H38N2O7S. The van der Waals surface area contributed by atoms with Crippen LogP contribution in [0, 0.1) is 6.92 Å². The van der Waals surface area contributed by atoms with Crippen LogP contribution in [-0.2, 0) is 28.4 Å². The topological polar surface area (TPSA) is 98.0 Å². The number of aryl methyl sites for hydroxylation is 2. The van der Waals surface area contributed by atoms with Crippen molar-refractivity contribution in [3.8, 4) is 28.4 Å². The van der Waals surface area contributed by atoms with Crippen molar-refractivity contribution in [1.82, 2.24) is 8.54 Å². The Bertz CT molecular complexity index is 2010. The number of fused-ring (bicyclic) bond motifs is 1. The molecule has 240 valence electrons. The van der Waals surface area contributed by atoms with Crippen molar-refractivity contribution >= 4 is 20.9 Å². The van der Waals surface area contributed by atoms with Gasteiger partial charge in [0.2, 0.25) is 0 Å². The van der Waals surface area contributed by atoms with Crippen molar-refractivity contribution in [2.24, 2.45) is 7.05 Å². The Morgan fingerprint density at radius 2 is 1.50 bits per heavy atom. The molecule has 0 radical (unpaired) electrons. The maximum Gasteiger partial charge on any atom is 0.275 e. The normalized spacial score (nSPS) is 16.8. The lowest BCUT2D eigenvalue weighted by molar-refractivity contribution is 0.0329. The summed E-state index contributed by atoms with van der Waals surface area (Å²) in [4.78, 5) is 13.7. The highest BCUT2D eigenvalue weighted by molar-refractivity contribution is 7.90. The van der Waals surface area contributed by atoms with Crippen molar-refractivity contribution in [2.45, 2.75) is 56.3 Å². The number of rotatable bonds is 10. The van der Waals surface area contributed by atoms with E-state index in [2.05, 4.69) is 0 Å². The summed E-state index contributed by atoms with van der Waals surface area (Å²) >= 11 is 0. The number of hydrogen-bond donors (Lipinski definition) is 0. The van der Waals surface area contributed by atoms with Gasteiger partial charge in [-0.15, -0.1) is 0 Å². The molecule has 0 unspecified atom stereocenters. The molecule has 2 aromatic heterocycles. The predicted molar refractivity (Wildman–Crippen MR) is 177 cm³/mol. The Morgan fingerprint density at radius 1 is 0.826 bits per heavy atom. The molecule has 46 heavy (non-hydrogen) atoms. The fourth-order valence-electron chi connectivity index (χ4n) is 5.93. The number of methoxy groups -OCH3 is 2. The maximum absolute atomic E-state index is 13.8. The summed E-state index contributed by atoms with van der Waals surface area (Å²) in [5, 5.41) is 0.499. The molecule has 9 nitrogen and oxygen atoms in total. The van der Waals surface area contributed by atoms with E-state index in [0.29, 0.717) is 34.6 Å². The largest absolute Gasteiger partial charge is 0.497 e. The van der Waals surface area contributed by atoms with Crippen molar-refractivity contribution in [1.29, 1.82) is 0 Å². The second-order valence-electron chi connectivity index (χ2n) is 11.7. The molecule has 1 aliphatic rings. The van der Waals surface area contributed by atoms with Crippen LogP contribution in [0.4, 0.5) is 0 Å². The quantitative estimate of drug-likeness (QED) is 0.172. The van der Waals surface area contributed by atoms with E-state index in [-0.39, 0.29) is 22.6 Å². The average Bonchev–Trinajstić information content (AvgIpc) is 3.53. The van der Waals surface area contributed by atoms with E-state index in [0.717, 1.165) is 46.5 Å². The molecule has 0 saturated heterocycles. The molecule has 10 heteroatoms. The van der Waals surface area contributed by atoms with Crippen LogP contribution in [0.3, 0.4) is 0 Å². The maximum atomic E-state index is 13.8. The zero-order valence-corrected chi connectivity index (χ0v) is 27.3. The first-order valence-corrected chi connectivity index (χ1v) is 16.7. The van der Waals surface area contributed by atoms with Gasteiger partial charge in [0, 0.05) is 43.1 Å². The smallest absolute Gasteiger partial charge is 0.275 e. The van der Waals surface area contributed by atoms with E-state index in [1.54, 1.807) is 57.8 Å². The predicted octanol–water partition coefficient (Wildman–Crippen LogP) is 6.48. The molecule has 0 bridgehead atoms. The highest BCUT2D eigenvalue weighted by Crippen LogP contribution is 2.39. The zero-order chi connectivity index (χ0) is 32.4. The number of hydrogen-bond acceptors (Lipinski definition) is 7. The summed E-state index contributed by atoms with van der Waals surface area (Å²) in [6.45, 7) is 2.22. The number of nitrogens with zero attached hydrogens (tertiary/aromatic N) is 2. The molecule has 1 saturated carbocycles. The van der Waals surface area contributed by atoms with Gasteiger partial charge in [-0.05, 0) is 86.7 Å².